The van der Waals surface area contributed by atoms with Gasteiger partial charge in [0.15, 0.2) is 0 Å². The van der Waals surface area contributed by atoms with Gasteiger partial charge >= 0.3 is 0 Å². The molecule has 0 spiro atoms. The lowest BCUT2D eigenvalue weighted by molar-refractivity contribution is 0.250. The predicted octanol–water partition coefficient (Wildman–Crippen LogP) is 1.36. The molecule has 102 valence electrons. The molecule has 0 unspecified atom stereocenters. The van der Waals surface area contributed by atoms with E-state index in [1.807, 2.05) is 6.07 Å². The van der Waals surface area contributed by atoms with Crippen LogP contribution in [0.1, 0.15) is 18.4 Å². The molecule has 0 atom stereocenters. The number of aliphatic hydroxyl groups excluding tert-OH is 1. The molecule has 0 aliphatic heterocycles. The second-order valence-corrected chi connectivity index (χ2v) is 6.56. The summed E-state index contributed by atoms with van der Waals surface area (Å²) in [6.07, 6.45) is 1.56. The number of halogens is 1. The number of benzene rings is 1. The molecule has 0 saturated heterocycles. The lowest BCUT2D eigenvalue weighted by atomic mass is 10.2. The van der Waals surface area contributed by atoms with Crippen molar-refractivity contribution in [2.24, 2.45) is 0 Å². The van der Waals surface area contributed by atoms with Crippen molar-refractivity contribution >= 4 is 21.6 Å². The van der Waals surface area contributed by atoms with E-state index in [4.69, 9.17) is 22.0 Å². The molecule has 1 fully saturated rings. The van der Waals surface area contributed by atoms with Gasteiger partial charge in [-0.2, -0.15) is 9.57 Å². The minimum absolute atomic E-state index is 0.0321. The number of hydrogen-bond donors (Lipinski definition) is 1. The molecule has 0 radical (unpaired) electrons. The number of sulfonamides is 1. The third-order valence-corrected chi connectivity index (χ3v) is 5.26. The summed E-state index contributed by atoms with van der Waals surface area (Å²) in [6, 6.07) is 6.09. The van der Waals surface area contributed by atoms with Gasteiger partial charge in [0.2, 0.25) is 10.0 Å². The third kappa shape index (κ3) is 2.74. The van der Waals surface area contributed by atoms with Gasteiger partial charge in [-0.15, -0.1) is 0 Å². The molecule has 0 bridgehead atoms. The highest BCUT2D eigenvalue weighted by Gasteiger charge is 2.38. The average molecular weight is 301 g/mol. The topological polar surface area (TPSA) is 81.4 Å². The third-order valence-electron chi connectivity index (χ3n) is 2.95. The number of aliphatic hydroxyl groups is 1. The molecule has 0 aromatic heterocycles. The van der Waals surface area contributed by atoms with Crippen molar-refractivity contribution in [3.8, 4) is 6.07 Å². The Morgan fingerprint density at radius 1 is 1.47 bits per heavy atom. The molecular weight excluding hydrogens is 288 g/mol. The van der Waals surface area contributed by atoms with Crippen molar-refractivity contribution < 1.29 is 13.5 Å². The summed E-state index contributed by atoms with van der Waals surface area (Å²) >= 11 is 5.86. The molecule has 1 aliphatic carbocycles. The quantitative estimate of drug-likeness (QED) is 0.890. The Kier molecular flexibility index (Phi) is 4.11. The minimum Gasteiger partial charge on any atom is -0.395 e. The zero-order chi connectivity index (χ0) is 14.0. The highest BCUT2D eigenvalue weighted by atomic mass is 35.5. The van der Waals surface area contributed by atoms with Crippen LogP contribution >= 0.6 is 11.6 Å². The minimum atomic E-state index is -3.80. The van der Waals surface area contributed by atoms with Crippen molar-refractivity contribution in [3.05, 3.63) is 28.8 Å². The molecule has 1 saturated carbocycles. The van der Waals surface area contributed by atoms with Gasteiger partial charge in [-0.3, -0.25) is 0 Å². The van der Waals surface area contributed by atoms with Crippen LogP contribution in [0.4, 0.5) is 0 Å². The smallest absolute Gasteiger partial charge is 0.244 e. The van der Waals surface area contributed by atoms with E-state index in [1.54, 1.807) is 0 Å². The van der Waals surface area contributed by atoms with E-state index >= 15 is 0 Å². The van der Waals surface area contributed by atoms with Crippen LogP contribution < -0.4 is 0 Å². The van der Waals surface area contributed by atoms with E-state index in [9.17, 15) is 8.42 Å². The number of hydrogen-bond acceptors (Lipinski definition) is 4. The molecule has 0 amide bonds. The Balaban J connectivity index is 2.50. The summed E-state index contributed by atoms with van der Waals surface area (Å²) in [5.41, 5.74) is -0.0484. The maximum Gasteiger partial charge on any atom is 0.244 e. The number of rotatable bonds is 5. The van der Waals surface area contributed by atoms with Crippen LogP contribution in [0.15, 0.2) is 23.1 Å². The van der Waals surface area contributed by atoms with Gasteiger partial charge in [0.05, 0.1) is 17.2 Å². The largest absolute Gasteiger partial charge is 0.395 e. The van der Waals surface area contributed by atoms with Crippen LogP contribution in [-0.2, 0) is 10.0 Å². The SMILES string of the molecule is N#Cc1c(Cl)cccc1S(=O)(=O)N(CCO)C1CC1. The maximum atomic E-state index is 12.5. The first-order valence-electron chi connectivity index (χ1n) is 5.83. The lowest BCUT2D eigenvalue weighted by Gasteiger charge is -2.21. The van der Waals surface area contributed by atoms with Gasteiger partial charge in [0.25, 0.3) is 0 Å². The Morgan fingerprint density at radius 3 is 2.68 bits per heavy atom. The van der Waals surface area contributed by atoms with E-state index in [-0.39, 0.29) is 34.7 Å². The Hall–Kier alpha value is -1.13. The Bertz CT molecular complexity index is 620. The lowest BCUT2D eigenvalue weighted by Crippen LogP contribution is -2.35. The van der Waals surface area contributed by atoms with Crippen LogP contribution in [-0.4, -0.2) is 37.0 Å². The van der Waals surface area contributed by atoms with Gasteiger partial charge in [0, 0.05) is 12.6 Å². The highest BCUT2D eigenvalue weighted by Crippen LogP contribution is 2.33. The number of nitrogens with zero attached hydrogens (tertiary/aromatic N) is 2. The fourth-order valence-electron chi connectivity index (χ4n) is 1.91. The molecule has 1 aliphatic rings. The normalized spacial score (nSPS) is 15.5. The first-order valence-corrected chi connectivity index (χ1v) is 7.65. The summed E-state index contributed by atoms with van der Waals surface area (Å²) in [5, 5.41) is 18.2. The summed E-state index contributed by atoms with van der Waals surface area (Å²) in [5.74, 6) is 0. The monoisotopic (exact) mass is 300 g/mol. The van der Waals surface area contributed by atoms with Crippen molar-refractivity contribution in [3.63, 3.8) is 0 Å². The molecule has 5 nitrogen and oxygen atoms in total. The van der Waals surface area contributed by atoms with Gasteiger partial charge in [-0.05, 0) is 25.0 Å². The standard InChI is InChI=1S/C12H13ClN2O3S/c13-11-2-1-3-12(10(11)8-14)19(17,18)15(6-7-16)9-4-5-9/h1-3,9,16H,4-7H2. The zero-order valence-corrected chi connectivity index (χ0v) is 11.7. The first kappa shape index (κ1) is 14.3. The summed E-state index contributed by atoms with van der Waals surface area (Å²) in [7, 11) is -3.80. The number of nitriles is 1. The van der Waals surface area contributed by atoms with E-state index in [2.05, 4.69) is 0 Å². The fraction of sp³-hybridized carbons (Fsp3) is 0.417. The molecule has 7 heteroatoms. The van der Waals surface area contributed by atoms with Gasteiger partial charge in [-0.25, -0.2) is 8.42 Å². The van der Waals surface area contributed by atoms with E-state index in [0.717, 1.165) is 12.8 Å². The summed E-state index contributed by atoms with van der Waals surface area (Å²) in [4.78, 5) is -0.0946. The molecule has 19 heavy (non-hydrogen) atoms. The van der Waals surface area contributed by atoms with Crippen LogP contribution in [0.25, 0.3) is 0 Å². The van der Waals surface area contributed by atoms with Gasteiger partial charge in [0.1, 0.15) is 11.0 Å². The van der Waals surface area contributed by atoms with Crippen molar-refractivity contribution in [1.29, 1.82) is 5.26 Å². The molecular formula is C12H13ClN2O3S. The van der Waals surface area contributed by atoms with Crippen LogP contribution in [0, 0.1) is 11.3 Å². The zero-order valence-electron chi connectivity index (χ0n) is 10.1. The highest BCUT2D eigenvalue weighted by molar-refractivity contribution is 7.89. The molecule has 2 rings (SSSR count). The second kappa shape index (κ2) is 5.47. The van der Waals surface area contributed by atoms with Gasteiger partial charge < -0.3 is 5.11 Å². The van der Waals surface area contributed by atoms with E-state index < -0.39 is 10.0 Å². The first-order chi connectivity index (χ1) is 9.02. The van der Waals surface area contributed by atoms with E-state index in [1.165, 1.54) is 22.5 Å². The van der Waals surface area contributed by atoms with Crippen molar-refractivity contribution in [2.45, 2.75) is 23.8 Å². The van der Waals surface area contributed by atoms with Crippen LogP contribution in [0.3, 0.4) is 0 Å². The second-order valence-electron chi connectivity index (χ2n) is 4.30. The summed E-state index contributed by atoms with van der Waals surface area (Å²) in [6.45, 7) is -0.220. The predicted molar refractivity (Wildman–Crippen MR) is 70.2 cm³/mol. The van der Waals surface area contributed by atoms with Crippen LogP contribution in [0.2, 0.25) is 5.02 Å². The maximum absolute atomic E-state index is 12.5. The molecule has 1 aromatic rings. The van der Waals surface area contributed by atoms with Crippen molar-refractivity contribution in [2.75, 3.05) is 13.2 Å². The van der Waals surface area contributed by atoms with Crippen molar-refractivity contribution in [1.82, 2.24) is 4.31 Å². The molecule has 1 aromatic carbocycles. The Morgan fingerprint density at radius 2 is 2.16 bits per heavy atom. The fourth-order valence-corrected chi connectivity index (χ4v) is 4.03. The molecule has 1 N–H and O–H groups in total. The average Bonchev–Trinajstić information content (AvgIpc) is 3.19. The Labute approximate surface area is 117 Å². The van der Waals surface area contributed by atoms with E-state index in [0.29, 0.717) is 0 Å². The van der Waals surface area contributed by atoms with Gasteiger partial charge in [-0.1, -0.05) is 17.7 Å². The summed E-state index contributed by atoms with van der Waals surface area (Å²) < 4.78 is 26.3. The van der Waals surface area contributed by atoms with Crippen LogP contribution in [0.5, 0.6) is 0 Å². The molecule has 0 heterocycles.